The van der Waals surface area contributed by atoms with Crippen LogP contribution in [0.1, 0.15) is 26.6 Å². The Kier molecular flexibility index (Phi) is 4.66. The molecule has 0 aliphatic carbocycles. The van der Waals surface area contributed by atoms with Crippen LogP contribution in [0.15, 0.2) is 10.7 Å². The monoisotopic (exact) mass is 343 g/mol. The van der Waals surface area contributed by atoms with Gasteiger partial charge in [0.15, 0.2) is 0 Å². The Morgan fingerprint density at radius 2 is 1.70 bits per heavy atom. The standard InChI is InChI=1S/C14H22BrN3O2/c1-14(2,3)13-16-11(15)6-12(17-13)18-7-9(19-4)10(8-18)20-5/h6,9-10H,7-8H2,1-5H3. The maximum Gasteiger partial charge on any atom is 0.137 e. The van der Waals surface area contributed by atoms with Gasteiger partial charge in [-0.15, -0.1) is 0 Å². The van der Waals surface area contributed by atoms with E-state index in [0.29, 0.717) is 0 Å². The minimum absolute atomic E-state index is 0.0758. The van der Waals surface area contributed by atoms with E-state index in [1.54, 1.807) is 14.2 Å². The fourth-order valence-electron chi connectivity index (χ4n) is 2.29. The van der Waals surface area contributed by atoms with Crippen LogP contribution in [-0.4, -0.2) is 49.5 Å². The van der Waals surface area contributed by atoms with Crippen molar-refractivity contribution in [3.8, 4) is 0 Å². The van der Waals surface area contributed by atoms with E-state index in [-0.39, 0.29) is 17.6 Å². The molecule has 2 heterocycles. The second-order valence-corrected chi connectivity index (χ2v) is 6.89. The highest BCUT2D eigenvalue weighted by molar-refractivity contribution is 9.10. The van der Waals surface area contributed by atoms with E-state index in [1.807, 2.05) is 6.07 Å². The van der Waals surface area contributed by atoms with Gasteiger partial charge in [-0.3, -0.25) is 0 Å². The first-order chi connectivity index (χ1) is 9.35. The lowest BCUT2D eigenvalue weighted by Crippen LogP contribution is -2.27. The molecule has 1 fully saturated rings. The molecule has 112 valence electrons. The molecule has 0 spiro atoms. The number of hydrogen-bond acceptors (Lipinski definition) is 5. The minimum Gasteiger partial charge on any atom is -0.377 e. The highest BCUT2D eigenvalue weighted by Crippen LogP contribution is 2.27. The van der Waals surface area contributed by atoms with E-state index in [2.05, 4.69) is 46.6 Å². The average molecular weight is 344 g/mol. The van der Waals surface area contributed by atoms with Gasteiger partial charge in [-0.2, -0.15) is 0 Å². The summed E-state index contributed by atoms with van der Waals surface area (Å²) < 4.78 is 11.8. The normalized spacial score (nSPS) is 23.4. The smallest absolute Gasteiger partial charge is 0.137 e. The number of hydrogen-bond donors (Lipinski definition) is 0. The van der Waals surface area contributed by atoms with Crippen LogP contribution < -0.4 is 4.90 Å². The number of halogens is 1. The Bertz CT molecular complexity index is 464. The van der Waals surface area contributed by atoms with Gasteiger partial charge in [0.2, 0.25) is 0 Å². The van der Waals surface area contributed by atoms with Gasteiger partial charge < -0.3 is 14.4 Å². The second kappa shape index (κ2) is 5.95. The molecule has 1 aliphatic rings. The van der Waals surface area contributed by atoms with Gasteiger partial charge in [0.25, 0.3) is 0 Å². The molecule has 1 saturated heterocycles. The third-order valence-electron chi connectivity index (χ3n) is 3.50. The van der Waals surface area contributed by atoms with Crippen molar-refractivity contribution in [2.75, 3.05) is 32.2 Å². The molecule has 0 amide bonds. The molecule has 0 radical (unpaired) electrons. The Hall–Kier alpha value is -0.720. The summed E-state index contributed by atoms with van der Waals surface area (Å²) in [5.41, 5.74) is -0.0838. The molecular formula is C14H22BrN3O2. The van der Waals surface area contributed by atoms with E-state index >= 15 is 0 Å². The lowest BCUT2D eigenvalue weighted by Gasteiger charge is -2.22. The van der Waals surface area contributed by atoms with Crippen molar-refractivity contribution in [2.45, 2.75) is 38.4 Å². The van der Waals surface area contributed by atoms with Gasteiger partial charge in [-0.25, -0.2) is 9.97 Å². The first-order valence-corrected chi connectivity index (χ1v) is 7.50. The predicted molar refractivity (Wildman–Crippen MR) is 82.2 cm³/mol. The zero-order valence-corrected chi connectivity index (χ0v) is 14.3. The second-order valence-electron chi connectivity index (χ2n) is 6.08. The third kappa shape index (κ3) is 3.30. The zero-order valence-electron chi connectivity index (χ0n) is 12.7. The van der Waals surface area contributed by atoms with Crippen molar-refractivity contribution in [3.63, 3.8) is 0 Å². The lowest BCUT2D eigenvalue weighted by molar-refractivity contribution is -0.00461. The maximum atomic E-state index is 5.47. The summed E-state index contributed by atoms with van der Waals surface area (Å²) >= 11 is 3.48. The number of nitrogens with zero attached hydrogens (tertiary/aromatic N) is 3. The fourth-order valence-corrected chi connectivity index (χ4v) is 2.66. The molecule has 1 aromatic rings. The van der Waals surface area contributed by atoms with Crippen LogP contribution in [0, 0.1) is 0 Å². The van der Waals surface area contributed by atoms with Gasteiger partial charge >= 0.3 is 0 Å². The Morgan fingerprint density at radius 3 is 2.15 bits per heavy atom. The first-order valence-electron chi connectivity index (χ1n) is 6.70. The number of methoxy groups -OCH3 is 2. The Labute approximate surface area is 128 Å². The van der Waals surface area contributed by atoms with Gasteiger partial charge in [-0.05, 0) is 15.9 Å². The third-order valence-corrected chi connectivity index (χ3v) is 3.90. The van der Waals surface area contributed by atoms with E-state index in [0.717, 1.165) is 29.3 Å². The van der Waals surface area contributed by atoms with Crippen LogP contribution in [0.4, 0.5) is 5.82 Å². The van der Waals surface area contributed by atoms with Crippen molar-refractivity contribution >= 4 is 21.7 Å². The average Bonchev–Trinajstić information content (AvgIpc) is 2.80. The number of anilines is 1. The summed E-state index contributed by atoms with van der Waals surface area (Å²) in [5, 5.41) is 0. The molecule has 0 bridgehead atoms. The maximum absolute atomic E-state index is 5.47. The highest BCUT2D eigenvalue weighted by Gasteiger charge is 2.34. The highest BCUT2D eigenvalue weighted by atomic mass is 79.9. The summed E-state index contributed by atoms with van der Waals surface area (Å²) in [6.45, 7) is 7.89. The fraction of sp³-hybridized carbons (Fsp3) is 0.714. The van der Waals surface area contributed by atoms with Gasteiger partial charge in [-0.1, -0.05) is 20.8 Å². The number of aromatic nitrogens is 2. The van der Waals surface area contributed by atoms with E-state index in [4.69, 9.17) is 14.5 Å². The molecular weight excluding hydrogens is 322 g/mol. The summed E-state index contributed by atoms with van der Waals surface area (Å²) in [7, 11) is 3.44. The van der Waals surface area contributed by atoms with Crippen LogP contribution >= 0.6 is 15.9 Å². The van der Waals surface area contributed by atoms with Gasteiger partial charge in [0, 0.05) is 38.8 Å². The first kappa shape index (κ1) is 15.7. The van der Waals surface area contributed by atoms with Gasteiger partial charge in [0.05, 0.1) is 0 Å². The molecule has 0 N–H and O–H groups in total. The van der Waals surface area contributed by atoms with Crippen molar-refractivity contribution < 1.29 is 9.47 Å². The molecule has 1 aliphatic heterocycles. The van der Waals surface area contributed by atoms with E-state index in [9.17, 15) is 0 Å². The molecule has 2 rings (SSSR count). The molecule has 0 saturated carbocycles. The quantitative estimate of drug-likeness (QED) is 0.788. The molecule has 0 aromatic carbocycles. The topological polar surface area (TPSA) is 47.5 Å². The van der Waals surface area contributed by atoms with Crippen molar-refractivity contribution in [3.05, 3.63) is 16.5 Å². The zero-order chi connectivity index (χ0) is 14.9. The van der Waals surface area contributed by atoms with E-state index < -0.39 is 0 Å². The summed E-state index contributed by atoms with van der Waals surface area (Å²) in [5.74, 6) is 1.75. The van der Waals surface area contributed by atoms with Crippen molar-refractivity contribution in [2.24, 2.45) is 0 Å². The predicted octanol–water partition coefficient (Wildman–Crippen LogP) is 2.39. The summed E-state index contributed by atoms with van der Waals surface area (Å²) in [4.78, 5) is 11.4. The summed E-state index contributed by atoms with van der Waals surface area (Å²) in [6, 6.07) is 1.94. The number of rotatable bonds is 3. The van der Waals surface area contributed by atoms with Gasteiger partial charge in [0.1, 0.15) is 28.5 Å². The largest absolute Gasteiger partial charge is 0.377 e. The minimum atomic E-state index is -0.0838. The van der Waals surface area contributed by atoms with Crippen LogP contribution in [0.5, 0.6) is 0 Å². The molecule has 2 unspecified atom stereocenters. The molecule has 5 nitrogen and oxygen atoms in total. The Morgan fingerprint density at radius 1 is 1.15 bits per heavy atom. The summed E-state index contributed by atoms with van der Waals surface area (Å²) in [6.07, 6.45) is 0.152. The van der Waals surface area contributed by atoms with E-state index in [1.165, 1.54) is 0 Å². The Balaban J connectivity index is 2.28. The van der Waals surface area contributed by atoms with Crippen molar-refractivity contribution in [1.29, 1.82) is 0 Å². The van der Waals surface area contributed by atoms with Crippen LogP contribution in [-0.2, 0) is 14.9 Å². The lowest BCUT2D eigenvalue weighted by atomic mass is 9.96. The van der Waals surface area contributed by atoms with Crippen LogP contribution in [0.3, 0.4) is 0 Å². The van der Waals surface area contributed by atoms with Crippen molar-refractivity contribution in [1.82, 2.24) is 9.97 Å². The van der Waals surface area contributed by atoms with Crippen LogP contribution in [0.25, 0.3) is 0 Å². The van der Waals surface area contributed by atoms with Crippen LogP contribution in [0.2, 0.25) is 0 Å². The SMILES string of the molecule is COC1CN(c2cc(Br)nc(C(C)(C)C)n2)CC1OC. The molecule has 20 heavy (non-hydrogen) atoms. The molecule has 1 aromatic heterocycles. The molecule has 2 atom stereocenters. The number of ether oxygens (including phenoxy) is 2. The molecule has 6 heteroatoms.